The van der Waals surface area contributed by atoms with Crippen molar-refractivity contribution >= 4 is 28.1 Å². The fourth-order valence-corrected chi connectivity index (χ4v) is 5.53. The van der Waals surface area contributed by atoms with Gasteiger partial charge < -0.3 is 10.2 Å². The number of amides is 1. The summed E-state index contributed by atoms with van der Waals surface area (Å²) in [7, 11) is 0. The van der Waals surface area contributed by atoms with Crippen LogP contribution >= 0.6 is 11.3 Å². The third-order valence-corrected chi connectivity index (χ3v) is 6.67. The molecule has 0 aromatic carbocycles. The minimum atomic E-state index is -0.0660. The maximum atomic E-state index is 11.2. The zero-order valence-corrected chi connectivity index (χ0v) is 17.1. The van der Waals surface area contributed by atoms with E-state index in [-0.39, 0.29) is 5.91 Å². The van der Waals surface area contributed by atoms with Crippen molar-refractivity contribution in [3.05, 3.63) is 34.6 Å². The molecule has 2 aromatic heterocycles. The monoisotopic (exact) mass is 385 g/mol. The van der Waals surface area contributed by atoms with E-state index in [0.717, 1.165) is 32.7 Å². The third-order valence-electron chi connectivity index (χ3n) is 5.77. The molecule has 4 rings (SSSR count). The van der Waals surface area contributed by atoms with Gasteiger partial charge in [-0.15, -0.1) is 11.3 Å². The van der Waals surface area contributed by atoms with E-state index in [1.807, 2.05) is 18.6 Å². The fourth-order valence-electron chi connectivity index (χ4n) is 4.62. The summed E-state index contributed by atoms with van der Waals surface area (Å²) >= 11 is 1.58. The molecule has 0 bridgehead atoms. The summed E-state index contributed by atoms with van der Waals surface area (Å²) in [6.07, 6.45) is 8.36. The number of hydrogen-bond donors (Lipinski definition) is 1. The molecule has 4 heterocycles. The van der Waals surface area contributed by atoms with E-state index in [9.17, 15) is 4.79 Å². The smallest absolute Gasteiger partial charge is 0.223 e. The Hall–Kier alpha value is -1.99. The Bertz CT molecular complexity index is 830. The Morgan fingerprint density at radius 3 is 2.67 bits per heavy atom. The molecule has 1 N–H and O–H groups in total. The SMILES string of the molecule is CC(=O)Nc1ncc(CN2CCC3(CCN(c4c(C)cncc4C)C3)C2)s1. The summed E-state index contributed by atoms with van der Waals surface area (Å²) in [5.41, 5.74) is 4.32. The summed E-state index contributed by atoms with van der Waals surface area (Å²) in [5.74, 6) is -0.0660. The number of aromatic nitrogens is 2. The lowest BCUT2D eigenvalue weighted by atomic mass is 9.86. The van der Waals surface area contributed by atoms with Crippen LogP contribution in [0.3, 0.4) is 0 Å². The minimum absolute atomic E-state index is 0.0660. The second kappa shape index (κ2) is 7.20. The van der Waals surface area contributed by atoms with Crippen LogP contribution in [0, 0.1) is 19.3 Å². The number of carbonyl (C=O) groups is 1. The Balaban J connectivity index is 1.39. The van der Waals surface area contributed by atoms with Gasteiger partial charge >= 0.3 is 0 Å². The van der Waals surface area contributed by atoms with Crippen molar-refractivity contribution in [1.29, 1.82) is 0 Å². The van der Waals surface area contributed by atoms with Gasteiger partial charge in [-0.1, -0.05) is 0 Å². The van der Waals surface area contributed by atoms with Crippen LogP contribution in [0.15, 0.2) is 18.6 Å². The predicted molar refractivity (Wildman–Crippen MR) is 109 cm³/mol. The maximum Gasteiger partial charge on any atom is 0.223 e. The molecule has 2 aliphatic heterocycles. The molecule has 0 aliphatic carbocycles. The maximum absolute atomic E-state index is 11.2. The van der Waals surface area contributed by atoms with Crippen molar-refractivity contribution in [2.24, 2.45) is 5.41 Å². The molecule has 0 saturated carbocycles. The molecular weight excluding hydrogens is 358 g/mol. The number of carbonyl (C=O) groups excluding carboxylic acids is 1. The number of aryl methyl sites for hydroxylation is 2. The normalized spacial score (nSPS) is 22.7. The van der Waals surface area contributed by atoms with Crippen LogP contribution in [0.4, 0.5) is 10.8 Å². The highest BCUT2D eigenvalue weighted by molar-refractivity contribution is 7.15. The molecule has 1 unspecified atom stereocenters. The molecule has 2 aromatic rings. The zero-order valence-electron chi connectivity index (χ0n) is 16.3. The number of anilines is 2. The number of pyridine rings is 1. The van der Waals surface area contributed by atoms with Gasteiger partial charge in [0, 0.05) is 67.7 Å². The van der Waals surface area contributed by atoms with Crippen LogP contribution < -0.4 is 10.2 Å². The number of likely N-dealkylation sites (tertiary alicyclic amines) is 1. The summed E-state index contributed by atoms with van der Waals surface area (Å²) in [4.78, 5) is 26.1. The average Bonchev–Trinajstić information content (AvgIpc) is 3.30. The first-order valence-corrected chi connectivity index (χ1v) is 10.4. The highest BCUT2D eigenvalue weighted by Crippen LogP contribution is 2.42. The standard InChI is InChI=1S/C20H27N5OS/c1-14-8-21-9-15(2)18(14)25-7-5-20(13-25)4-6-24(12-20)11-17-10-22-19(27-17)23-16(3)26/h8-10H,4-7,11-13H2,1-3H3,(H,22,23,26). The Labute approximate surface area is 164 Å². The van der Waals surface area contributed by atoms with E-state index in [4.69, 9.17) is 0 Å². The molecular formula is C20H27N5OS. The molecule has 1 spiro atoms. The van der Waals surface area contributed by atoms with Crippen LogP contribution in [0.5, 0.6) is 0 Å². The number of rotatable bonds is 4. The first-order valence-electron chi connectivity index (χ1n) is 9.55. The van der Waals surface area contributed by atoms with Crippen molar-refractivity contribution < 1.29 is 4.79 Å². The van der Waals surface area contributed by atoms with E-state index >= 15 is 0 Å². The summed E-state index contributed by atoms with van der Waals surface area (Å²) in [6, 6.07) is 0. The molecule has 1 atom stereocenters. The van der Waals surface area contributed by atoms with Crippen LogP contribution in [-0.4, -0.2) is 47.0 Å². The van der Waals surface area contributed by atoms with E-state index in [0.29, 0.717) is 10.5 Å². The second-order valence-corrected chi connectivity index (χ2v) is 9.18. The number of hydrogen-bond acceptors (Lipinski definition) is 6. The summed E-state index contributed by atoms with van der Waals surface area (Å²) in [6.45, 7) is 11.3. The van der Waals surface area contributed by atoms with E-state index in [2.05, 4.69) is 38.9 Å². The molecule has 1 amide bonds. The average molecular weight is 386 g/mol. The van der Waals surface area contributed by atoms with Crippen LogP contribution in [-0.2, 0) is 11.3 Å². The van der Waals surface area contributed by atoms with Gasteiger partial charge in [0.15, 0.2) is 5.13 Å². The number of nitrogens with zero attached hydrogens (tertiary/aromatic N) is 4. The lowest BCUT2D eigenvalue weighted by molar-refractivity contribution is -0.114. The van der Waals surface area contributed by atoms with Crippen LogP contribution in [0.2, 0.25) is 0 Å². The quantitative estimate of drug-likeness (QED) is 0.876. The lowest BCUT2D eigenvalue weighted by Crippen LogP contribution is -2.31. The van der Waals surface area contributed by atoms with Gasteiger partial charge in [-0.05, 0) is 44.4 Å². The van der Waals surface area contributed by atoms with Gasteiger partial charge in [-0.25, -0.2) is 4.98 Å². The summed E-state index contributed by atoms with van der Waals surface area (Å²) in [5, 5.41) is 3.47. The van der Waals surface area contributed by atoms with E-state index in [1.54, 1.807) is 11.3 Å². The second-order valence-electron chi connectivity index (χ2n) is 8.07. The number of thiazole rings is 1. The molecule has 27 heavy (non-hydrogen) atoms. The van der Waals surface area contributed by atoms with Gasteiger partial charge in [-0.3, -0.25) is 14.7 Å². The van der Waals surface area contributed by atoms with Gasteiger partial charge in [0.05, 0.1) is 0 Å². The molecule has 2 saturated heterocycles. The van der Waals surface area contributed by atoms with E-state index in [1.165, 1.54) is 41.5 Å². The highest BCUT2D eigenvalue weighted by Gasteiger charge is 2.43. The predicted octanol–water partition coefficient (Wildman–Crippen LogP) is 3.22. The van der Waals surface area contributed by atoms with Crippen LogP contribution in [0.1, 0.15) is 35.8 Å². The van der Waals surface area contributed by atoms with Gasteiger partial charge in [0.25, 0.3) is 0 Å². The highest BCUT2D eigenvalue weighted by atomic mass is 32.1. The molecule has 7 heteroatoms. The van der Waals surface area contributed by atoms with Crippen LogP contribution in [0.25, 0.3) is 0 Å². The van der Waals surface area contributed by atoms with Gasteiger partial charge in [-0.2, -0.15) is 0 Å². The van der Waals surface area contributed by atoms with Gasteiger partial charge in [0.1, 0.15) is 0 Å². The molecule has 144 valence electrons. The fraction of sp³-hybridized carbons (Fsp3) is 0.550. The van der Waals surface area contributed by atoms with Crippen molar-refractivity contribution in [1.82, 2.24) is 14.9 Å². The molecule has 0 radical (unpaired) electrons. The number of nitrogens with one attached hydrogen (secondary N) is 1. The van der Waals surface area contributed by atoms with E-state index < -0.39 is 0 Å². The van der Waals surface area contributed by atoms with Crippen molar-refractivity contribution in [2.45, 2.75) is 40.2 Å². The molecule has 6 nitrogen and oxygen atoms in total. The molecule has 2 aliphatic rings. The zero-order chi connectivity index (χ0) is 19.0. The Morgan fingerprint density at radius 1 is 1.19 bits per heavy atom. The topological polar surface area (TPSA) is 61.4 Å². The van der Waals surface area contributed by atoms with Gasteiger partial charge in [0.2, 0.25) is 5.91 Å². The first-order chi connectivity index (χ1) is 12.9. The van der Waals surface area contributed by atoms with Crippen molar-refractivity contribution in [3.63, 3.8) is 0 Å². The Morgan fingerprint density at radius 2 is 1.93 bits per heavy atom. The third kappa shape index (κ3) is 3.84. The van der Waals surface area contributed by atoms with Crippen molar-refractivity contribution in [2.75, 3.05) is 36.4 Å². The largest absolute Gasteiger partial charge is 0.370 e. The minimum Gasteiger partial charge on any atom is -0.370 e. The first kappa shape index (κ1) is 18.4. The lowest BCUT2D eigenvalue weighted by Gasteiger charge is -2.27. The van der Waals surface area contributed by atoms with Crippen molar-refractivity contribution in [3.8, 4) is 0 Å². The molecule has 2 fully saturated rings. The summed E-state index contributed by atoms with van der Waals surface area (Å²) < 4.78 is 0. The Kier molecular flexibility index (Phi) is 4.90.